The average molecular weight is 280 g/mol. The van der Waals surface area contributed by atoms with Gasteiger partial charge in [0, 0.05) is 11.4 Å². The van der Waals surface area contributed by atoms with Crippen LogP contribution < -0.4 is 5.32 Å². The number of aryl methyl sites for hydroxylation is 1. The molecule has 18 heavy (non-hydrogen) atoms. The maximum absolute atomic E-state index is 6.11. The number of hydrogen-bond acceptors (Lipinski definition) is 4. The molecule has 94 valence electrons. The van der Waals surface area contributed by atoms with Gasteiger partial charge in [0.25, 0.3) is 0 Å². The van der Waals surface area contributed by atoms with Crippen molar-refractivity contribution in [1.82, 2.24) is 9.97 Å². The molecule has 0 saturated heterocycles. The first kappa shape index (κ1) is 13.2. The molecule has 0 bridgehead atoms. The fourth-order valence-electron chi connectivity index (χ4n) is 1.46. The summed E-state index contributed by atoms with van der Waals surface area (Å²) in [5.41, 5.74) is 1.22. The van der Waals surface area contributed by atoms with Crippen LogP contribution in [0.1, 0.15) is 12.5 Å². The SMILES string of the molecule is CCNc1ncc(Cl)c(Sc2cccc(C)c2)n1. The first-order chi connectivity index (χ1) is 8.69. The van der Waals surface area contributed by atoms with Crippen LogP contribution in [0, 0.1) is 6.92 Å². The lowest BCUT2D eigenvalue weighted by Crippen LogP contribution is -2.02. The van der Waals surface area contributed by atoms with E-state index in [1.807, 2.05) is 19.1 Å². The molecule has 0 fully saturated rings. The molecule has 1 aromatic carbocycles. The molecule has 0 atom stereocenters. The topological polar surface area (TPSA) is 37.8 Å². The number of hydrogen-bond donors (Lipinski definition) is 1. The van der Waals surface area contributed by atoms with E-state index in [2.05, 4.69) is 34.3 Å². The lowest BCUT2D eigenvalue weighted by molar-refractivity contribution is 1.01. The van der Waals surface area contributed by atoms with Crippen LogP contribution in [-0.2, 0) is 0 Å². The van der Waals surface area contributed by atoms with Gasteiger partial charge in [-0.1, -0.05) is 41.1 Å². The molecule has 0 aliphatic heterocycles. The van der Waals surface area contributed by atoms with Gasteiger partial charge in [0.05, 0.1) is 11.2 Å². The highest BCUT2D eigenvalue weighted by atomic mass is 35.5. The molecule has 5 heteroatoms. The second-order valence-electron chi connectivity index (χ2n) is 3.80. The van der Waals surface area contributed by atoms with E-state index >= 15 is 0 Å². The van der Waals surface area contributed by atoms with Gasteiger partial charge >= 0.3 is 0 Å². The fraction of sp³-hybridized carbons (Fsp3) is 0.231. The summed E-state index contributed by atoms with van der Waals surface area (Å²) in [6.45, 7) is 4.86. The van der Waals surface area contributed by atoms with Gasteiger partial charge in [-0.15, -0.1) is 0 Å². The van der Waals surface area contributed by atoms with Crippen molar-refractivity contribution in [2.45, 2.75) is 23.8 Å². The highest BCUT2D eigenvalue weighted by molar-refractivity contribution is 7.99. The van der Waals surface area contributed by atoms with Gasteiger partial charge in [-0.3, -0.25) is 0 Å². The minimum Gasteiger partial charge on any atom is -0.354 e. The molecule has 1 N–H and O–H groups in total. The molecule has 2 rings (SSSR count). The smallest absolute Gasteiger partial charge is 0.223 e. The fourth-order valence-corrected chi connectivity index (χ4v) is 2.56. The Labute approximate surface area is 116 Å². The van der Waals surface area contributed by atoms with Gasteiger partial charge in [-0.25, -0.2) is 9.97 Å². The highest BCUT2D eigenvalue weighted by Gasteiger charge is 2.07. The normalized spacial score (nSPS) is 10.4. The van der Waals surface area contributed by atoms with Crippen LogP contribution in [0.5, 0.6) is 0 Å². The van der Waals surface area contributed by atoms with Crippen molar-refractivity contribution in [3.05, 3.63) is 41.0 Å². The minimum atomic E-state index is 0.572. The molecular weight excluding hydrogens is 266 g/mol. The zero-order valence-electron chi connectivity index (χ0n) is 10.3. The van der Waals surface area contributed by atoms with Gasteiger partial charge in [0.2, 0.25) is 5.95 Å². The van der Waals surface area contributed by atoms with Crippen molar-refractivity contribution in [3.63, 3.8) is 0 Å². The maximum Gasteiger partial charge on any atom is 0.223 e. The Morgan fingerprint density at radius 1 is 1.39 bits per heavy atom. The van der Waals surface area contributed by atoms with E-state index in [9.17, 15) is 0 Å². The number of halogens is 1. The molecule has 0 saturated carbocycles. The van der Waals surface area contributed by atoms with E-state index in [1.54, 1.807) is 18.0 Å². The van der Waals surface area contributed by atoms with Crippen molar-refractivity contribution in [1.29, 1.82) is 0 Å². The monoisotopic (exact) mass is 279 g/mol. The van der Waals surface area contributed by atoms with Crippen LogP contribution >= 0.6 is 23.4 Å². The number of rotatable bonds is 4. The van der Waals surface area contributed by atoms with Crippen molar-refractivity contribution in [3.8, 4) is 0 Å². The van der Waals surface area contributed by atoms with Gasteiger partial charge in [0.1, 0.15) is 5.03 Å². The van der Waals surface area contributed by atoms with Crippen molar-refractivity contribution in [2.75, 3.05) is 11.9 Å². The van der Waals surface area contributed by atoms with Crippen LogP contribution in [0.3, 0.4) is 0 Å². The molecule has 0 spiro atoms. The Kier molecular flexibility index (Phi) is 4.44. The van der Waals surface area contributed by atoms with E-state index in [-0.39, 0.29) is 0 Å². The lowest BCUT2D eigenvalue weighted by Gasteiger charge is -2.06. The number of nitrogens with one attached hydrogen (secondary N) is 1. The van der Waals surface area contributed by atoms with Crippen molar-refractivity contribution in [2.24, 2.45) is 0 Å². The van der Waals surface area contributed by atoms with Crippen LogP contribution in [-0.4, -0.2) is 16.5 Å². The summed E-state index contributed by atoms with van der Waals surface area (Å²) in [7, 11) is 0. The summed E-state index contributed by atoms with van der Waals surface area (Å²) in [5.74, 6) is 0.608. The first-order valence-corrected chi connectivity index (χ1v) is 6.89. The Balaban J connectivity index is 2.25. The van der Waals surface area contributed by atoms with E-state index in [4.69, 9.17) is 11.6 Å². The summed E-state index contributed by atoms with van der Waals surface area (Å²) in [4.78, 5) is 9.64. The molecule has 0 aliphatic carbocycles. The molecule has 1 aromatic heterocycles. The lowest BCUT2D eigenvalue weighted by atomic mass is 10.2. The summed E-state index contributed by atoms with van der Waals surface area (Å²) >= 11 is 7.66. The van der Waals surface area contributed by atoms with Gasteiger partial charge in [0.15, 0.2) is 0 Å². The Morgan fingerprint density at radius 3 is 2.94 bits per heavy atom. The largest absolute Gasteiger partial charge is 0.354 e. The van der Waals surface area contributed by atoms with Gasteiger partial charge < -0.3 is 5.32 Å². The van der Waals surface area contributed by atoms with E-state index in [0.29, 0.717) is 11.0 Å². The average Bonchev–Trinajstić information content (AvgIpc) is 2.34. The first-order valence-electron chi connectivity index (χ1n) is 5.70. The van der Waals surface area contributed by atoms with Crippen LogP contribution in [0.2, 0.25) is 5.02 Å². The number of aromatic nitrogens is 2. The predicted molar refractivity (Wildman–Crippen MR) is 76.5 cm³/mol. The number of anilines is 1. The standard InChI is InChI=1S/C13H14ClN3S/c1-3-15-13-16-8-11(14)12(17-13)18-10-6-4-5-9(2)7-10/h4-8H,3H2,1-2H3,(H,15,16,17). The second-order valence-corrected chi connectivity index (χ2v) is 5.27. The molecular formula is C13H14ClN3S. The van der Waals surface area contributed by atoms with E-state index in [1.165, 1.54) is 5.56 Å². The maximum atomic E-state index is 6.11. The number of benzene rings is 1. The molecule has 0 radical (unpaired) electrons. The Bertz CT molecular complexity index is 546. The molecule has 3 nitrogen and oxygen atoms in total. The van der Waals surface area contributed by atoms with Crippen molar-refractivity contribution < 1.29 is 0 Å². The third kappa shape index (κ3) is 3.37. The van der Waals surface area contributed by atoms with Crippen LogP contribution in [0.15, 0.2) is 40.4 Å². The highest BCUT2D eigenvalue weighted by Crippen LogP contribution is 2.32. The quantitative estimate of drug-likeness (QED) is 0.858. The molecule has 0 aliphatic rings. The van der Waals surface area contributed by atoms with Crippen LogP contribution in [0.25, 0.3) is 0 Å². The van der Waals surface area contributed by atoms with Gasteiger partial charge in [-0.05, 0) is 26.0 Å². The Morgan fingerprint density at radius 2 is 2.22 bits per heavy atom. The molecule has 2 aromatic rings. The third-order valence-corrected chi connectivity index (χ3v) is 3.63. The summed E-state index contributed by atoms with van der Waals surface area (Å²) in [6, 6.07) is 8.24. The summed E-state index contributed by atoms with van der Waals surface area (Å²) in [6.07, 6.45) is 1.63. The Hall–Kier alpha value is -1.26. The predicted octanol–water partition coefficient (Wildman–Crippen LogP) is 4.02. The van der Waals surface area contributed by atoms with Gasteiger partial charge in [-0.2, -0.15) is 0 Å². The second kappa shape index (κ2) is 6.07. The van der Waals surface area contributed by atoms with Crippen LogP contribution in [0.4, 0.5) is 5.95 Å². The summed E-state index contributed by atoms with van der Waals surface area (Å²) < 4.78 is 0. The molecule has 1 heterocycles. The van der Waals surface area contributed by atoms with E-state index in [0.717, 1.165) is 16.5 Å². The van der Waals surface area contributed by atoms with E-state index < -0.39 is 0 Å². The molecule has 0 unspecified atom stereocenters. The molecule has 0 amide bonds. The van der Waals surface area contributed by atoms with Crippen molar-refractivity contribution >= 4 is 29.3 Å². The third-order valence-electron chi connectivity index (χ3n) is 2.25. The zero-order chi connectivity index (χ0) is 13.0. The summed E-state index contributed by atoms with van der Waals surface area (Å²) in [5, 5.41) is 4.42. The zero-order valence-corrected chi connectivity index (χ0v) is 11.8. The number of nitrogens with zero attached hydrogens (tertiary/aromatic N) is 2. The minimum absolute atomic E-state index is 0.572.